The third-order valence-corrected chi connectivity index (χ3v) is 4.46. The third-order valence-electron chi connectivity index (χ3n) is 3.46. The standard InChI is InChI=1S/C18H18O3S/c1-13-3-5-14(6-4-13)16(19)12-22-15-7-8-17-18(11-15)21-10-2-9-20-17/h3-8,11H,2,9-10,12H2,1H3. The Hall–Kier alpha value is -1.94. The second-order valence-corrected chi connectivity index (χ2v) is 6.29. The van der Waals surface area contributed by atoms with Crippen LogP contribution in [0.5, 0.6) is 11.5 Å². The maximum absolute atomic E-state index is 12.2. The zero-order valence-electron chi connectivity index (χ0n) is 12.5. The molecule has 0 bridgehead atoms. The van der Waals surface area contributed by atoms with E-state index < -0.39 is 0 Å². The summed E-state index contributed by atoms with van der Waals surface area (Å²) in [7, 11) is 0. The number of Topliss-reactive ketones (excluding diaryl/α,β-unsaturated/α-hetero) is 1. The average molecular weight is 314 g/mol. The number of thioether (sulfide) groups is 1. The van der Waals surface area contributed by atoms with Gasteiger partial charge in [-0.05, 0) is 25.1 Å². The SMILES string of the molecule is Cc1ccc(C(=O)CSc2ccc3c(c2)OCCCO3)cc1. The van der Waals surface area contributed by atoms with E-state index in [1.54, 1.807) is 0 Å². The number of benzene rings is 2. The first-order valence-corrected chi connectivity index (χ1v) is 8.33. The highest BCUT2D eigenvalue weighted by molar-refractivity contribution is 8.00. The molecular formula is C18H18O3S. The van der Waals surface area contributed by atoms with Crippen LogP contribution >= 0.6 is 11.8 Å². The van der Waals surface area contributed by atoms with Crippen LogP contribution in [0.1, 0.15) is 22.3 Å². The van der Waals surface area contributed by atoms with Gasteiger partial charge in [-0.15, -0.1) is 11.8 Å². The van der Waals surface area contributed by atoms with Crippen LogP contribution in [0.15, 0.2) is 47.4 Å². The van der Waals surface area contributed by atoms with Crippen molar-refractivity contribution in [3.05, 3.63) is 53.6 Å². The monoisotopic (exact) mass is 314 g/mol. The fourth-order valence-electron chi connectivity index (χ4n) is 2.21. The van der Waals surface area contributed by atoms with Gasteiger partial charge in [0.1, 0.15) is 0 Å². The van der Waals surface area contributed by atoms with Crippen molar-refractivity contribution in [1.29, 1.82) is 0 Å². The first-order chi connectivity index (χ1) is 10.7. The molecule has 0 radical (unpaired) electrons. The van der Waals surface area contributed by atoms with Crippen LogP contribution in [0.2, 0.25) is 0 Å². The summed E-state index contributed by atoms with van der Waals surface area (Å²) in [5.41, 5.74) is 1.92. The molecule has 0 aromatic heterocycles. The minimum atomic E-state index is 0.136. The van der Waals surface area contributed by atoms with Crippen LogP contribution in [-0.2, 0) is 0 Å². The minimum absolute atomic E-state index is 0.136. The number of hydrogen-bond donors (Lipinski definition) is 0. The molecule has 0 unspecified atom stereocenters. The molecule has 0 saturated heterocycles. The Labute approximate surface area is 134 Å². The van der Waals surface area contributed by atoms with E-state index in [1.165, 1.54) is 11.8 Å². The van der Waals surface area contributed by atoms with E-state index in [2.05, 4.69) is 0 Å². The molecule has 1 aliphatic rings. The molecule has 0 aliphatic carbocycles. The lowest BCUT2D eigenvalue weighted by Gasteiger charge is -2.09. The number of hydrogen-bond acceptors (Lipinski definition) is 4. The number of rotatable bonds is 4. The molecule has 3 rings (SSSR count). The van der Waals surface area contributed by atoms with Crippen molar-refractivity contribution >= 4 is 17.5 Å². The molecule has 3 nitrogen and oxygen atoms in total. The smallest absolute Gasteiger partial charge is 0.173 e. The highest BCUT2D eigenvalue weighted by Crippen LogP contribution is 2.34. The summed E-state index contributed by atoms with van der Waals surface area (Å²) in [4.78, 5) is 13.2. The molecule has 114 valence electrons. The molecular weight excluding hydrogens is 296 g/mol. The Morgan fingerprint density at radius 1 is 1.05 bits per heavy atom. The largest absolute Gasteiger partial charge is 0.490 e. The zero-order chi connectivity index (χ0) is 15.4. The number of fused-ring (bicyclic) bond motifs is 1. The van der Waals surface area contributed by atoms with Crippen LogP contribution in [0, 0.1) is 6.92 Å². The Morgan fingerprint density at radius 2 is 1.77 bits per heavy atom. The number of ether oxygens (including phenoxy) is 2. The second-order valence-electron chi connectivity index (χ2n) is 5.24. The lowest BCUT2D eigenvalue weighted by atomic mass is 10.1. The molecule has 1 heterocycles. The van der Waals surface area contributed by atoms with Gasteiger partial charge in [0.25, 0.3) is 0 Å². The van der Waals surface area contributed by atoms with E-state index in [-0.39, 0.29) is 5.78 Å². The van der Waals surface area contributed by atoms with Crippen molar-refractivity contribution in [1.82, 2.24) is 0 Å². The van der Waals surface area contributed by atoms with Crippen molar-refractivity contribution in [2.75, 3.05) is 19.0 Å². The van der Waals surface area contributed by atoms with Gasteiger partial charge in [0.15, 0.2) is 17.3 Å². The summed E-state index contributed by atoms with van der Waals surface area (Å²) in [5.74, 6) is 2.11. The van der Waals surface area contributed by atoms with Gasteiger partial charge in [0.05, 0.1) is 19.0 Å². The van der Waals surface area contributed by atoms with Crippen LogP contribution < -0.4 is 9.47 Å². The quantitative estimate of drug-likeness (QED) is 0.628. The summed E-state index contributed by atoms with van der Waals surface area (Å²) < 4.78 is 11.3. The fraction of sp³-hybridized carbons (Fsp3) is 0.278. The molecule has 4 heteroatoms. The van der Waals surface area contributed by atoms with E-state index in [0.717, 1.165) is 33.9 Å². The molecule has 22 heavy (non-hydrogen) atoms. The van der Waals surface area contributed by atoms with Gasteiger partial charge in [-0.1, -0.05) is 29.8 Å². The molecule has 0 saturated carbocycles. The molecule has 0 N–H and O–H groups in total. The summed E-state index contributed by atoms with van der Waals surface area (Å²) in [5, 5.41) is 0. The number of carbonyl (C=O) groups is 1. The average Bonchev–Trinajstić information content (AvgIpc) is 2.78. The fourth-order valence-corrected chi connectivity index (χ4v) is 3.02. The summed E-state index contributed by atoms with van der Waals surface area (Å²) in [6.07, 6.45) is 0.892. The van der Waals surface area contributed by atoms with Crippen molar-refractivity contribution < 1.29 is 14.3 Å². The number of carbonyl (C=O) groups excluding carboxylic acids is 1. The summed E-state index contributed by atoms with van der Waals surface area (Å²) in [6.45, 7) is 3.37. The van der Waals surface area contributed by atoms with Gasteiger partial charge in [-0.3, -0.25) is 4.79 Å². The van der Waals surface area contributed by atoms with E-state index >= 15 is 0 Å². The Bertz CT molecular complexity index is 665. The predicted molar refractivity (Wildman–Crippen MR) is 88.3 cm³/mol. The van der Waals surface area contributed by atoms with Gasteiger partial charge in [-0.25, -0.2) is 0 Å². The first-order valence-electron chi connectivity index (χ1n) is 7.35. The maximum Gasteiger partial charge on any atom is 0.173 e. The molecule has 0 fully saturated rings. The number of aryl methyl sites for hydroxylation is 1. The zero-order valence-corrected chi connectivity index (χ0v) is 13.3. The highest BCUT2D eigenvalue weighted by Gasteiger charge is 2.12. The highest BCUT2D eigenvalue weighted by atomic mass is 32.2. The van der Waals surface area contributed by atoms with E-state index in [1.807, 2.05) is 49.4 Å². The Morgan fingerprint density at radius 3 is 2.55 bits per heavy atom. The van der Waals surface area contributed by atoms with Gasteiger partial charge < -0.3 is 9.47 Å². The van der Waals surface area contributed by atoms with Crippen molar-refractivity contribution in [2.24, 2.45) is 0 Å². The van der Waals surface area contributed by atoms with Crippen LogP contribution in [0.3, 0.4) is 0 Å². The summed E-state index contributed by atoms with van der Waals surface area (Å²) in [6, 6.07) is 13.5. The van der Waals surface area contributed by atoms with Gasteiger partial charge in [0, 0.05) is 16.9 Å². The van der Waals surface area contributed by atoms with Gasteiger partial charge >= 0.3 is 0 Å². The summed E-state index contributed by atoms with van der Waals surface area (Å²) >= 11 is 1.52. The van der Waals surface area contributed by atoms with Crippen LogP contribution in [-0.4, -0.2) is 24.7 Å². The van der Waals surface area contributed by atoms with E-state index in [0.29, 0.717) is 19.0 Å². The molecule has 0 spiro atoms. The lowest BCUT2D eigenvalue weighted by molar-refractivity contribution is 0.102. The van der Waals surface area contributed by atoms with Crippen LogP contribution in [0.4, 0.5) is 0 Å². The molecule has 0 atom stereocenters. The molecule has 1 aliphatic heterocycles. The second kappa shape index (κ2) is 6.88. The van der Waals surface area contributed by atoms with E-state index in [9.17, 15) is 4.79 Å². The topological polar surface area (TPSA) is 35.5 Å². The Balaban J connectivity index is 1.65. The van der Waals surface area contributed by atoms with Crippen molar-refractivity contribution in [3.63, 3.8) is 0 Å². The first kappa shape index (κ1) is 15.0. The lowest BCUT2D eigenvalue weighted by Crippen LogP contribution is -2.02. The predicted octanol–water partition coefficient (Wildman–Crippen LogP) is 4.13. The number of ketones is 1. The van der Waals surface area contributed by atoms with E-state index in [4.69, 9.17) is 9.47 Å². The van der Waals surface area contributed by atoms with Crippen molar-refractivity contribution in [2.45, 2.75) is 18.2 Å². The molecule has 2 aromatic carbocycles. The molecule has 2 aromatic rings. The third kappa shape index (κ3) is 3.63. The van der Waals surface area contributed by atoms with Gasteiger partial charge in [-0.2, -0.15) is 0 Å². The maximum atomic E-state index is 12.2. The van der Waals surface area contributed by atoms with Crippen LogP contribution in [0.25, 0.3) is 0 Å². The Kier molecular flexibility index (Phi) is 4.68. The minimum Gasteiger partial charge on any atom is -0.490 e. The van der Waals surface area contributed by atoms with Crippen molar-refractivity contribution in [3.8, 4) is 11.5 Å². The normalized spacial score (nSPS) is 13.5. The van der Waals surface area contributed by atoms with Gasteiger partial charge in [0.2, 0.25) is 0 Å². The molecule has 0 amide bonds.